The average Bonchev–Trinajstić information content (AvgIpc) is 2.90. The highest BCUT2D eigenvalue weighted by atomic mass is 35.5. The van der Waals surface area contributed by atoms with E-state index < -0.39 is 0 Å². The molecule has 0 aliphatic rings. The van der Waals surface area contributed by atoms with E-state index in [1.54, 1.807) is 17.4 Å². The van der Waals surface area contributed by atoms with Crippen LogP contribution in [0.25, 0.3) is 0 Å². The maximum atomic E-state index is 5.91. The van der Waals surface area contributed by atoms with Gasteiger partial charge in [-0.05, 0) is 25.5 Å². The molecule has 0 saturated heterocycles. The number of hydrazine groups is 1. The van der Waals surface area contributed by atoms with Crippen molar-refractivity contribution >= 4 is 34.6 Å². The summed E-state index contributed by atoms with van der Waals surface area (Å²) >= 11 is 7.49. The van der Waals surface area contributed by atoms with Crippen molar-refractivity contribution in [2.24, 2.45) is 5.84 Å². The maximum Gasteiger partial charge on any atom is 0.158 e. The Kier molecular flexibility index (Phi) is 6.19. The first-order valence-corrected chi connectivity index (χ1v) is 7.81. The fourth-order valence-electron chi connectivity index (χ4n) is 1.72. The van der Waals surface area contributed by atoms with Crippen molar-refractivity contribution < 1.29 is 4.74 Å². The summed E-state index contributed by atoms with van der Waals surface area (Å²) in [5, 5.41) is 3.26. The number of aromatic nitrogens is 2. The molecule has 114 valence electrons. The second kappa shape index (κ2) is 8.14. The number of rotatable bonds is 8. The third kappa shape index (κ3) is 5.13. The highest BCUT2D eigenvalue weighted by Crippen LogP contribution is 2.21. The number of hydrogen-bond acceptors (Lipinski definition) is 7. The Hall–Kier alpha value is -1.41. The summed E-state index contributed by atoms with van der Waals surface area (Å²) in [5.74, 6) is 7.28. The minimum Gasteiger partial charge on any atom is -0.374 e. The van der Waals surface area contributed by atoms with Gasteiger partial charge in [-0.25, -0.2) is 15.8 Å². The van der Waals surface area contributed by atoms with Crippen LogP contribution in [0, 0.1) is 0 Å². The number of halogens is 1. The third-order valence-corrected chi connectivity index (χ3v) is 3.95. The van der Waals surface area contributed by atoms with Gasteiger partial charge in [-0.3, -0.25) is 0 Å². The molecule has 0 aromatic carbocycles. The van der Waals surface area contributed by atoms with Crippen LogP contribution in [0.15, 0.2) is 18.2 Å². The lowest BCUT2D eigenvalue weighted by Crippen LogP contribution is -2.13. The van der Waals surface area contributed by atoms with Crippen LogP contribution < -0.4 is 16.6 Å². The second-order valence-electron chi connectivity index (χ2n) is 4.22. The summed E-state index contributed by atoms with van der Waals surface area (Å²) < 4.78 is 6.12. The fourth-order valence-corrected chi connectivity index (χ4v) is 2.81. The zero-order chi connectivity index (χ0) is 15.1. The molecule has 0 spiro atoms. The molecule has 2 aromatic rings. The SMILES string of the molecule is CCOCc1nc(NN)cc(NCCc2ccc(Cl)s2)n1. The number of nitrogens with two attached hydrogens (primary N) is 1. The normalized spacial score (nSPS) is 10.6. The fraction of sp³-hybridized carbons (Fsp3) is 0.385. The lowest BCUT2D eigenvalue weighted by molar-refractivity contribution is 0.128. The van der Waals surface area contributed by atoms with Crippen molar-refractivity contribution in [2.45, 2.75) is 20.0 Å². The Bertz CT molecular complexity index is 577. The van der Waals surface area contributed by atoms with E-state index in [9.17, 15) is 0 Å². The van der Waals surface area contributed by atoms with Gasteiger partial charge in [0.25, 0.3) is 0 Å². The number of thiophene rings is 1. The minimum absolute atomic E-state index is 0.362. The smallest absolute Gasteiger partial charge is 0.158 e. The molecule has 2 aromatic heterocycles. The van der Waals surface area contributed by atoms with Crippen LogP contribution in [-0.2, 0) is 17.8 Å². The van der Waals surface area contributed by atoms with E-state index in [4.69, 9.17) is 22.2 Å². The average molecular weight is 328 g/mol. The molecule has 0 unspecified atom stereocenters. The molecule has 0 radical (unpaired) electrons. The van der Waals surface area contributed by atoms with Crippen LogP contribution in [0.5, 0.6) is 0 Å². The minimum atomic E-state index is 0.362. The number of ether oxygens (including phenoxy) is 1. The summed E-state index contributed by atoms with van der Waals surface area (Å²) in [7, 11) is 0. The third-order valence-electron chi connectivity index (χ3n) is 2.66. The van der Waals surface area contributed by atoms with Crippen LogP contribution in [0.3, 0.4) is 0 Å². The zero-order valence-electron chi connectivity index (χ0n) is 11.7. The summed E-state index contributed by atoms with van der Waals surface area (Å²) in [6, 6.07) is 5.70. The van der Waals surface area contributed by atoms with Gasteiger partial charge in [0.15, 0.2) is 5.82 Å². The number of anilines is 2. The van der Waals surface area contributed by atoms with E-state index in [1.165, 1.54) is 4.88 Å². The van der Waals surface area contributed by atoms with E-state index >= 15 is 0 Å². The topological polar surface area (TPSA) is 85.1 Å². The highest BCUT2D eigenvalue weighted by Gasteiger charge is 2.05. The molecular formula is C13H18ClN5OS. The Morgan fingerprint density at radius 1 is 1.33 bits per heavy atom. The van der Waals surface area contributed by atoms with Gasteiger partial charge >= 0.3 is 0 Å². The second-order valence-corrected chi connectivity index (χ2v) is 6.02. The van der Waals surface area contributed by atoms with Crippen LogP contribution in [0.2, 0.25) is 4.34 Å². The Balaban J connectivity index is 1.94. The Morgan fingerprint density at radius 3 is 2.81 bits per heavy atom. The lowest BCUT2D eigenvalue weighted by Gasteiger charge is -2.09. The summed E-state index contributed by atoms with van der Waals surface area (Å²) in [6.45, 7) is 3.66. The van der Waals surface area contributed by atoms with Crippen molar-refractivity contribution in [3.8, 4) is 0 Å². The predicted molar refractivity (Wildman–Crippen MR) is 86.7 cm³/mol. The van der Waals surface area contributed by atoms with Crippen LogP contribution in [0.4, 0.5) is 11.6 Å². The molecule has 0 atom stereocenters. The van der Waals surface area contributed by atoms with Gasteiger partial charge in [0.05, 0.1) is 4.34 Å². The molecule has 2 rings (SSSR count). The molecule has 0 fully saturated rings. The van der Waals surface area contributed by atoms with E-state index in [1.807, 2.05) is 19.1 Å². The summed E-state index contributed by atoms with van der Waals surface area (Å²) in [4.78, 5) is 9.85. The summed E-state index contributed by atoms with van der Waals surface area (Å²) in [6.07, 6.45) is 0.883. The van der Waals surface area contributed by atoms with Crippen molar-refractivity contribution in [3.63, 3.8) is 0 Å². The molecule has 2 heterocycles. The molecule has 0 aliphatic carbocycles. The molecule has 0 amide bonds. The van der Waals surface area contributed by atoms with Gasteiger partial charge in [0, 0.05) is 24.1 Å². The van der Waals surface area contributed by atoms with Crippen LogP contribution in [-0.4, -0.2) is 23.1 Å². The quantitative estimate of drug-likeness (QED) is 0.510. The molecule has 6 nitrogen and oxygen atoms in total. The van der Waals surface area contributed by atoms with Gasteiger partial charge in [-0.1, -0.05) is 11.6 Å². The Morgan fingerprint density at radius 2 is 2.14 bits per heavy atom. The van der Waals surface area contributed by atoms with Crippen LogP contribution >= 0.6 is 22.9 Å². The molecule has 4 N–H and O–H groups in total. The molecular weight excluding hydrogens is 310 g/mol. The largest absolute Gasteiger partial charge is 0.374 e. The first-order valence-electron chi connectivity index (χ1n) is 6.61. The van der Waals surface area contributed by atoms with Gasteiger partial charge < -0.3 is 15.5 Å². The standard InChI is InChI=1S/C13H18ClN5OS/c1-2-20-8-13-17-11(7-12(18-13)19-15)16-6-5-9-3-4-10(14)21-9/h3-4,7H,2,5-6,8,15H2,1H3,(H2,16,17,18,19). The van der Waals surface area contributed by atoms with Crippen molar-refractivity contribution in [3.05, 3.63) is 33.2 Å². The molecule has 0 aliphatic heterocycles. The van der Waals surface area contributed by atoms with E-state index in [0.29, 0.717) is 24.9 Å². The van der Waals surface area contributed by atoms with E-state index in [-0.39, 0.29) is 0 Å². The molecule has 0 saturated carbocycles. The highest BCUT2D eigenvalue weighted by molar-refractivity contribution is 7.16. The Labute approximate surface area is 132 Å². The first-order chi connectivity index (χ1) is 10.2. The van der Waals surface area contributed by atoms with E-state index in [0.717, 1.165) is 23.1 Å². The van der Waals surface area contributed by atoms with Gasteiger partial charge in [0.2, 0.25) is 0 Å². The summed E-state index contributed by atoms with van der Waals surface area (Å²) in [5.41, 5.74) is 2.53. The number of nitrogens with zero attached hydrogens (tertiary/aromatic N) is 2. The van der Waals surface area contributed by atoms with Crippen molar-refractivity contribution in [1.82, 2.24) is 9.97 Å². The number of hydrogen-bond donors (Lipinski definition) is 3. The lowest BCUT2D eigenvalue weighted by atomic mass is 10.3. The molecule has 0 bridgehead atoms. The zero-order valence-corrected chi connectivity index (χ0v) is 13.3. The van der Waals surface area contributed by atoms with Crippen molar-refractivity contribution in [1.29, 1.82) is 0 Å². The monoisotopic (exact) mass is 327 g/mol. The van der Waals surface area contributed by atoms with Gasteiger partial charge in [-0.2, -0.15) is 0 Å². The van der Waals surface area contributed by atoms with Gasteiger partial charge in [-0.15, -0.1) is 11.3 Å². The molecule has 21 heavy (non-hydrogen) atoms. The van der Waals surface area contributed by atoms with Crippen molar-refractivity contribution in [2.75, 3.05) is 23.9 Å². The number of nitrogen functional groups attached to an aromatic ring is 1. The maximum absolute atomic E-state index is 5.91. The predicted octanol–water partition coefficient (Wildman–Crippen LogP) is 2.67. The first kappa shape index (κ1) is 16.0. The van der Waals surface area contributed by atoms with Gasteiger partial charge in [0.1, 0.15) is 18.2 Å². The molecule has 8 heteroatoms. The number of nitrogens with one attached hydrogen (secondary N) is 2. The van der Waals surface area contributed by atoms with E-state index in [2.05, 4.69) is 20.7 Å². The van der Waals surface area contributed by atoms with Crippen LogP contribution in [0.1, 0.15) is 17.6 Å².